The first kappa shape index (κ1) is 15.8. The Morgan fingerprint density at radius 1 is 1.28 bits per heavy atom. The van der Waals surface area contributed by atoms with E-state index in [9.17, 15) is 9.59 Å². The monoisotopic (exact) mass is 356 g/mol. The molecule has 0 spiro atoms. The summed E-state index contributed by atoms with van der Waals surface area (Å²) in [6.07, 6.45) is 1.73. The van der Waals surface area contributed by atoms with E-state index in [0.717, 1.165) is 10.4 Å². The second-order valence-corrected chi connectivity index (χ2v) is 6.73. The van der Waals surface area contributed by atoms with Crippen molar-refractivity contribution in [1.29, 1.82) is 0 Å². The Morgan fingerprint density at radius 2 is 2.08 bits per heavy atom. The van der Waals surface area contributed by atoms with Gasteiger partial charge < -0.3 is 9.47 Å². The summed E-state index contributed by atoms with van der Waals surface area (Å²) in [6.45, 7) is 3.18. The molecule has 0 unspecified atom stereocenters. The maximum absolute atomic E-state index is 12.5. The Labute approximate surface area is 147 Å². The molecule has 3 aromatic rings. The highest BCUT2D eigenvalue weighted by Crippen LogP contribution is 2.31. The average molecular weight is 356 g/mol. The van der Waals surface area contributed by atoms with Crippen LogP contribution in [0, 0.1) is 6.92 Å². The molecule has 3 heterocycles. The van der Waals surface area contributed by atoms with Gasteiger partial charge in [0.05, 0.1) is 11.7 Å². The van der Waals surface area contributed by atoms with Crippen molar-refractivity contribution < 1.29 is 14.3 Å². The van der Waals surface area contributed by atoms with Gasteiger partial charge in [0.1, 0.15) is 18.0 Å². The Balaban J connectivity index is 1.53. The Morgan fingerprint density at radius 3 is 2.92 bits per heavy atom. The maximum Gasteiger partial charge on any atom is 0.262 e. The lowest BCUT2D eigenvalue weighted by atomic mass is 10.1. The first-order valence-electron chi connectivity index (χ1n) is 7.99. The van der Waals surface area contributed by atoms with Crippen molar-refractivity contribution in [3.8, 4) is 11.5 Å². The highest BCUT2D eigenvalue weighted by Gasteiger charge is 2.15. The molecule has 7 heteroatoms. The minimum Gasteiger partial charge on any atom is -0.486 e. The fourth-order valence-corrected chi connectivity index (χ4v) is 3.73. The number of rotatable bonds is 4. The average Bonchev–Trinajstić information content (AvgIpc) is 3.02. The van der Waals surface area contributed by atoms with Crippen LogP contribution in [0.2, 0.25) is 0 Å². The zero-order chi connectivity index (χ0) is 17.4. The van der Waals surface area contributed by atoms with Crippen molar-refractivity contribution in [3.63, 3.8) is 0 Å². The third-order valence-electron chi connectivity index (χ3n) is 4.19. The zero-order valence-electron chi connectivity index (χ0n) is 13.7. The zero-order valence-corrected chi connectivity index (χ0v) is 14.5. The number of hydrogen-bond acceptors (Lipinski definition) is 6. The SMILES string of the molecule is Cc1csc2ncn(CCC(=O)c3ccc4c(c3)OCCO4)c(=O)c12. The normalized spacial score (nSPS) is 13.2. The summed E-state index contributed by atoms with van der Waals surface area (Å²) in [5.74, 6) is 1.19. The summed E-state index contributed by atoms with van der Waals surface area (Å²) >= 11 is 1.45. The smallest absolute Gasteiger partial charge is 0.262 e. The molecule has 0 amide bonds. The highest BCUT2D eigenvalue weighted by molar-refractivity contribution is 7.16. The Kier molecular flexibility index (Phi) is 4.01. The molecule has 0 bridgehead atoms. The molecule has 0 saturated heterocycles. The molecule has 0 atom stereocenters. The van der Waals surface area contributed by atoms with Gasteiger partial charge in [0, 0.05) is 18.5 Å². The molecule has 25 heavy (non-hydrogen) atoms. The molecule has 1 aromatic carbocycles. The van der Waals surface area contributed by atoms with E-state index in [0.29, 0.717) is 42.2 Å². The van der Waals surface area contributed by atoms with Crippen molar-refractivity contribution in [2.75, 3.05) is 13.2 Å². The third kappa shape index (κ3) is 2.91. The van der Waals surface area contributed by atoms with E-state index >= 15 is 0 Å². The number of carbonyl (C=O) groups is 1. The van der Waals surface area contributed by atoms with Crippen LogP contribution in [0.5, 0.6) is 11.5 Å². The minimum atomic E-state index is -0.0984. The van der Waals surface area contributed by atoms with Gasteiger partial charge >= 0.3 is 0 Å². The number of aryl methyl sites for hydroxylation is 2. The van der Waals surface area contributed by atoms with E-state index in [-0.39, 0.29) is 17.8 Å². The summed E-state index contributed by atoms with van der Waals surface area (Å²) in [7, 11) is 0. The topological polar surface area (TPSA) is 70.4 Å². The van der Waals surface area contributed by atoms with Crippen LogP contribution in [-0.4, -0.2) is 28.5 Å². The first-order chi connectivity index (χ1) is 12.1. The van der Waals surface area contributed by atoms with E-state index in [4.69, 9.17) is 9.47 Å². The summed E-state index contributed by atoms with van der Waals surface area (Å²) in [4.78, 5) is 30.0. The van der Waals surface area contributed by atoms with Crippen LogP contribution in [0.3, 0.4) is 0 Å². The highest BCUT2D eigenvalue weighted by atomic mass is 32.1. The number of ether oxygens (including phenoxy) is 2. The lowest BCUT2D eigenvalue weighted by Gasteiger charge is -2.18. The molecule has 0 saturated carbocycles. The summed E-state index contributed by atoms with van der Waals surface area (Å²) in [6, 6.07) is 5.17. The van der Waals surface area contributed by atoms with Crippen LogP contribution in [0.15, 0.2) is 34.7 Å². The number of hydrogen-bond donors (Lipinski definition) is 0. The van der Waals surface area contributed by atoms with Gasteiger partial charge in [-0.2, -0.15) is 0 Å². The van der Waals surface area contributed by atoms with E-state index in [1.807, 2.05) is 12.3 Å². The van der Waals surface area contributed by atoms with Crippen LogP contribution in [0.1, 0.15) is 22.3 Å². The number of benzene rings is 1. The van der Waals surface area contributed by atoms with Crippen LogP contribution in [-0.2, 0) is 6.54 Å². The van der Waals surface area contributed by atoms with Crippen molar-refractivity contribution in [2.24, 2.45) is 0 Å². The van der Waals surface area contributed by atoms with E-state index < -0.39 is 0 Å². The van der Waals surface area contributed by atoms with Crippen LogP contribution >= 0.6 is 11.3 Å². The quantitative estimate of drug-likeness (QED) is 0.672. The minimum absolute atomic E-state index is 0.0500. The number of thiophene rings is 1. The lowest BCUT2D eigenvalue weighted by Crippen LogP contribution is -2.22. The number of nitrogens with zero attached hydrogens (tertiary/aromatic N) is 2. The second-order valence-electron chi connectivity index (χ2n) is 5.87. The van der Waals surface area contributed by atoms with Gasteiger partial charge in [-0.05, 0) is 36.1 Å². The van der Waals surface area contributed by atoms with Crippen molar-refractivity contribution >= 4 is 27.3 Å². The number of carbonyl (C=O) groups excluding carboxylic acids is 1. The van der Waals surface area contributed by atoms with Crippen LogP contribution in [0.4, 0.5) is 0 Å². The van der Waals surface area contributed by atoms with Gasteiger partial charge in [0.25, 0.3) is 5.56 Å². The number of Topliss-reactive ketones (excluding diaryl/α,β-unsaturated/α-hetero) is 1. The fourth-order valence-electron chi connectivity index (χ4n) is 2.85. The summed E-state index contributed by atoms with van der Waals surface area (Å²) < 4.78 is 12.5. The maximum atomic E-state index is 12.5. The molecule has 1 aliphatic heterocycles. The number of aromatic nitrogens is 2. The van der Waals surface area contributed by atoms with E-state index in [1.165, 1.54) is 22.2 Å². The van der Waals surface area contributed by atoms with Crippen molar-refractivity contribution in [3.05, 3.63) is 51.4 Å². The first-order valence-corrected chi connectivity index (χ1v) is 8.87. The summed E-state index contributed by atoms with van der Waals surface area (Å²) in [5.41, 5.74) is 1.38. The van der Waals surface area contributed by atoms with Gasteiger partial charge in [-0.25, -0.2) is 4.98 Å². The third-order valence-corrected chi connectivity index (χ3v) is 5.19. The van der Waals surface area contributed by atoms with Gasteiger partial charge in [0.2, 0.25) is 0 Å². The lowest BCUT2D eigenvalue weighted by molar-refractivity contribution is 0.0975. The predicted octanol–water partition coefficient (Wildman–Crippen LogP) is 2.81. The van der Waals surface area contributed by atoms with Crippen LogP contribution < -0.4 is 15.0 Å². The second kappa shape index (κ2) is 6.33. The number of fused-ring (bicyclic) bond motifs is 2. The van der Waals surface area contributed by atoms with Gasteiger partial charge in [-0.3, -0.25) is 14.2 Å². The summed E-state index contributed by atoms with van der Waals surface area (Å²) in [5, 5.41) is 2.56. The largest absolute Gasteiger partial charge is 0.486 e. The molecule has 0 N–H and O–H groups in total. The molecule has 2 aromatic heterocycles. The van der Waals surface area contributed by atoms with Gasteiger partial charge in [0.15, 0.2) is 17.3 Å². The van der Waals surface area contributed by atoms with E-state index in [2.05, 4.69) is 4.98 Å². The number of ketones is 1. The van der Waals surface area contributed by atoms with Crippen molar-refractivity contribution in [1.82, 2.24) is 9.55 Å². The van der Waals surface area contributed by atoms with Gasteiger partial charge in [-0.1, -0.05) is 0 Å². The fraction of sp³-hybridized carbons (Fsp3) is 0.278. The molecule has 1 aliphatic rings. The Hall–Kier alpha value is -2.67. The molecular formula is C18H16N2O4S. The predicted molar refractivity (Wildman–Crippen MR) is 95.0 cm³/mol. The molecule has 6 nitrogen and oxygen atoms in total. The molecule has 0 radical (unpaired) electrons. The molecule has 128 valence electrons. The molecule has 0 aliphatic carbocycles. The molecular weight excluding hydrogens is 340 g/mol. The van der Waals surface area contributed by atoms with Crippen LogP contribution in [0.25, 0.3) is 10.2 Å². The standard InChI is InChI=1S/C18H16N2O4S/c1-11-9-25-17-16(11)18(22)20(10-19-17)5-4-13(21)12-2-3-14-15(8-12)24-7-6-23-14/h2-3,8-10H,4-7H2,1H3. The molecule has 0 fully saturated rings. The van der Waals surface area contributed by atoms with Gasteiger partial charge in [-0.15, -0.1) is 11.3 Å². The van der Waals surface area contributed by atoms with Crippen molar-refractivity contribution in [2.45, 2.75) is 19.9 Å². The molecule has 4 rings (SSSR count). The van der Waals surface area contributed by atoms with E-state index in [1.54, 1.807) is 18.2 Å². The Bertz CT molecular complexity index is 1020.